The number of hydrogen-bond donors (Lipinski definition) is 3. The summed E-state index contributed by atoms with van der Waals surface area (Å²) >= 11 is 0. The maximum Gasteiger partial charge on any atom is 0.416 e. The van der Waals surface area contributed by atoms with Gasteiger partial charge in [0.2, 0.25) is 11.8 Å². The summed E-state index contributed by atoms with van der Waals surface area (Å²) in [6.45, 7) is 1.09. The Bertz CT molecular complexity index is 1180. The minimum Gasteiger partial charge on any atom is -0.352 e. The van der Waals surface area contributed by atoms with Crippen molar-refractivity contribution in [1.29, 1.82) is 0 Å². The molecule has 0 bridgehead atoms. The number of fused-ring (bicyclic) bond motifs is 2. The minimum absolute atomic E-state index is 0.0877. The first-order valence-corrected chi connectivity index (χ1v) is 11.7. The van der Waals surface area contributed by atoms with Gasteiger partial charge in [-0.2, -0.15) is 13.2 Å². The molecular weight excluding hydrogens is 461 g/mol. The van der Waals surface area contributed by atoms with Crippen molar-refractivity contribution < 1.29 is 27.6 Å². The molecule has 2 aromatic rings. The molecule has 0 saturated carbocycles. The van der Waals surface area contributed by atoms with Crippen molar-refractivity contribution in [2.45, 2.75) is 50.0 Å². The van der Waals surface area contributed by atoms with Gasteiger partial charge in [0.15, 0.2) is 0 Å². The summed E-state index contributed by atoms with van der Waals surface area (Å²) in [5.74, 6) is -0.795. The van der Waals surface area contributed by atoms with Gasteiger partial charge >= 0.3 is 6.18 Å². The topological polar surface area (TPSA) is 90.5 Å². The molecule has 10 heteroatoms. The van der Waals surface area contributed by atoms with Crippen molar-refractivity contribution in [3.8, 4) is 11.1 Å². The number of halogens is 3. The maximum absolute atomic E-state index is 13.4. The van der Waals surface area contributed by atoms with E-state index in [4.69, 9.17) is 0 Å². The first-order chi connectivity index (χ1) is 16.7. The van der Waals surface area contributed by atoms with Gasteiger partial charge in [-0.3, -0.25) is 14.4 Å². The Morgan fingerprint density at radius 2 is 1.86 bits per heavy atom. The Morgan fingerprint density at radius 1 is 1.06 bits per heavy atom. The number of rotatable bonds is 3. The monoisotopic (exact) mass is 486 g/mol. The number of nitrogens with one attached hydrogen (secondary N) is 3. The highest BCUT2D eigenvalue weighted by Crippen LogP contribution is 2.35. The molecule has 2 aromatic carbocycles. The second-order valence-electron chi connectivity index (χ2n) is 9.22. The molecule has 2 saturated heterocycles. The molecule has 3 unspecified atom stereocenters. The molecule has 0 radical (unpaired) electrons. The van der Waals surface area contributed by atoms with Gasteiger partial charge in [-0.05, 0) is 67.6 Å². The molecule has 3 aliphatic rings. The van der Waals surface area contributed by atoms with Gasteiger partial charge in [0.1, 0.15) is 6.04 Å². The number of nitrogens with zero attached hydrogens (tertiary/aromatic N) is 1. The van der Waals surface area contributed by atoms with E-state index in [1.165, 1.54) is 17.0 Å². The highest BCUT2D eigenvalue weighted by Gasteiger charge is 2.41. The van der Waals surface area contributed by atoms with E-state index < -0.39 is 17.8 Å². The molecule has 5 rings (SSSR count). The molecule has 35 heavy (non-hydrogen) atoms. The van der Waals surface area contributed by atoms with E-state index in [0.29, 0.717) is 29.7 Å². The molecule has 3 heterocycles. The van der Waals surface area contributed by atoms with E-state index in [-0.39, 0.29) is 41.9 Å². The SMILES string of the molecule is O=C(NC1CCN2C(=O)c3cc(-c4cccc(C(F)(F)F)c4)ccc3NC(=O)C2C1)C1CCCN1. The zero-order chi connectivity index (χ0) is 24.7. The fourth-order valence-corrected chi connectivity index (χ4v) is 5.05. The molecule has 3 atom stereocenters. The van der Waals surface area contributed by atoms with Gasteiger partial charge in [0, 0.05) is 12.6 Å². The lowest BCUT2D eigenvalue weighted by molar-refractivity contribution is -0.137. The third-order valence-electron chi connectivity index (χ3n) is 6.92. The summed E-state index contributed by atoms with van der Waals surface area (Å²) < 4.78 is 39.5. The van der Waals surface area contributed by atoms with Crippen molar-refractivity contribution >= 4 is 23.4 Å². The van der Waals surface area contributed by atoms with E-state index >= 15 is 0 Å². The molecule has 2 fully saturated rings. The Labute approximate surface area is 200 Å². The van der Waals surface area contributed by atoms with E-state index in [1.54, 1.807) is 18.2 Å². The standard InChI is InChI=1S/C25H25F3N4O3/c26-25(27,28)16-4-1-3-14(11-16)15-6-7-19-18(12-15)24(35)32-10-8-17(13-21(32)23(34)31-19)30-22(33)20-5-2-9-29-20/h1,3-4,6-7,11-12,17,20-21,29H,2,5,8-10,13H2,(H,30,33)(H,31,34). The van der Waals surface area contributed by atoms with Gasteiger partial charge in [-0.25, -0.2) is 0 Å². The molecule has 184 valence electrons. The van der Waals surface area contributed by atoms with Gasteiger partial charge < -0.3 is 20.9 Å². The third kappa shape index (κ3) is 4.62. The largest absolute Gasteiger partial charge is 0.416 e. The molecule has 3 N–H and O–H groups in total. The molecule has 0 aliphatic carbocycles. The highest BCUT2D eigenvalue weighted by atomic mass is 19.4. The van der Waals surface area contributed by atoms with Crippen LogP contribution >= 0.6 is 0 Å². The van der Waals surface area contributed by atoms with Crippen LogP contribution in [0, 0.1) is 0 Å². The van der Waals surface area contributed by atoms with E-state index in [0.717, 1.165) is 31.5 Å². The van der Waals surface area contributed by atoms with E-state index in [1.807, 2.05) is 0 Å². The van der Waals surface area contributed by atoms with Crippen LogP contribution in [0.15, 0.2) is 42.5 Å². The Kier molecular flexibility index (Phi) is 6.00. The average Bonchev–Trinajstić information content (AvgIpc) is 3.36. The highest BCUT2D eigenvalue weighted by molar-refractivity contribution is 6.10. The van der Waals surface area contributed by atoms with Crippen LogP contribution in [0.4, 0.5) is 18.9 Å². The van der Waals surface area contributed by atoms with Crippen molar-refractivity contribution in [2.75, 3.05) is 18.4 Å². The van der Waals surface area contributed by atoms with Crippen LogP contribution in [0.25, 0.3) is 11.1 Å². The van der Waals surface area contributed by atoms with Gasteiger partial charge in [0.05, 0.1) is 22.9 Å². The van der Waals surface area contributed by atoms with Crippen molar-refractivity contribution in [3.63, 3.8) is 0 Å². The van der Waals surface area contributed by atoms with Crippen molar-refractivity contribution in [1.82, 2.24) is 15.5 Å². The van der Waals surface area contributed by atoms with Crippen molar-refractivity contribution in [2.24, 2.45) is 0 Å². The van der Waals surface area contributed by atoms with Crippen LogP contribution in [0.1, 0.15) is 41.6 Å². The predicted octanol–water partition coefficient (Wildman–Crippen LogP) is 3.17. The summed E-state index contributed by atoms with van der Waals surface area (Å²) in [4.78, 5) is 40.4. The summed E-state index contributed by atoms with van der Waals surface area (Å²) in [5, 5.41) is 8.95. The van der Waals surface area contributed by atoms with Gasteiger partial charge in [-0.1, -0.05) is 18.2 Å². The number of benzene rings is 2. The van der Waals surface area contributed by atoms with Crippen molar-refractivity contribution in [3.05, 3.63) is 53.6 Å². The predicted molar refractivity (Wildman–Crippen MR) is 123 cm³/mol. The van der Waals surface area contributed by atoms with Crippen LogP contribution in [0.2, 0.25) is 0 Å². The van der Waals surface area contributed by atoms with E-state index in [9.17, 15) is 27.6 Å². The lowest BCUT2D eigenvalue weighted by Crippen LogP contribution is -2.56. The first-order valence-electron chi connectivity index (χ1n) is 11.7. The number of alkyl halides is 3. The zero-order valence-corrected chi connectivity index (χ0v) is 18.8. The molecular formula is C25H25F3N4O3. The number of piperidine rings is 1. The summed E-state index contributed by atoms with van der Waals surface area (Å²) in [7, 11) is 0. The number of carbonyl (C=O) groups is 3. The number of carbonyl (C=O) groups excluding carboxylic acids is 3. The molecule has 3 amide bonds. The van der Waals surface area contributed by atoms with Crippen LogP contribution in [0.3, 0.4) is 0 Å². The van der Waals surface area contributed by atoms with Crippen LogP contribution in [-0.4, -0.2) is 53.8 Å². The summed E-state index contributed by atoms with van der Waals surface area (Å²) in [6, 6.07) is 8.36. The second-order valence-corrected chi connectivity index (χ2v) is 9.22. The molecule has 0 aromatic heterocycles. The Hall–Kier alpha value is -3.40. The zero-order valence-electron chi connectivity index (χ0n) is 18.8. The number of hydrogen-bond acceptors (Lipinski definition) is 4. The smallest absolute Gasteiger partial charge is 0.352 e. The summed E-state index contributed by atoms with van der Waals surface area (Å²) in [6.07, 6.45) is -1.96. The number of amides is 3. The quantitative estimate of drug-likeness (QED) is 0.622. The molecule has 3 aliphatic heterocycles. The third-order valence-corrected chi connectivity index (χ3v) is 6.92. The van der Waals surface area contributed by atoms with Crippen LogP contribution < -0.4 is 16.0 Å². The van der Waals surface area contributed by atoms with Gasteiger partial charge in [0.25, 0.3) is 5.91 Å². The lowest BCUT2D eigenvalue weighted by Gasteiger charge is -2.37. The second kappa shape index (κ2) is 8.99. The fraction of sp³-hybridized carbons (Fsp3) is 0.400. The maximum atomic E-state index is 13.4. The Balaban J connectivity index is 1.37. The normalized spacial score (nSPS) is 24.3. The average molecular weight is 486 g/mol. The number of anilines is 1. The van der Waals surface area contributed by atoms with E-state index in [2.05, 4.69) is 16.0 Å². The molecule has 0 spiro atoms. The fourth-order valence-electron chi connectivity index (χ4n) is 5.05. The summed E-state index contributed by atoms with van der Waals surface area (Å²) in [5.41, 5.74) is 0.544. The first kappa shape index (κ1) is 23.3. The minimum atomic E-state index is -4.48. The Morgan fingerprint density at radius 3 is 2.60 bits per heavy atom. The lowest BCUT2D eigenvalue weighted by atomic mass is 9.95. The van der Waals surface area contributed by atoms with Gasteiger partial charge in [-0.15, -0.1) is 0 Å². The molecule has 7 nitrogen and oxygen atoms in total. The van der Waals surface area contributed by atoms with Crippen LogP contribution in [-0.2, 0) is 15.8 Å². The van der Waals surface area contributed by atoms with Crippen LogP contribution in [0.5, 0.6) is 0 Å².